The van der Waals surface area contributed by atoms with Crippen molar-refractivity contribution in [3.05, 3.63) is 64.1 Å². The molecule has 0 aromatic heterocycles. The minimum atomic E-state index is 0. The summed E-state index contributed by atoms with van der Waals surface area (Å²) in [5.74, 6) is 0.638. The minimum absolute atomic E-state index is 0. The van der Waals surface area contributed by atoms with Gasteiger partial charge >= 0.3 is 23.1 Å². The first kappa shape index (κ1) is 18.1. The summed E-state index contributed by atoms with van der Waals surface area (Å²) >= 11 is 11.8. The van der Waals surface area contributed by atoms with E-state index in [4.69, 9.17) is 27.9 Å². The van der Waals surface area contributed by atoms with Gasteiger partial charge in [-0.2, -0.15) is 30.3 Å². The molecule has 0 heterocycles. The van der Waals surface area contributed by atoms with E-state index in [2.05, 4.69) is 6.07 Å². The molecule has 2 aromatic carbocycles. The van der Waals surface area contributed by atoms with Crippen molar-refractivity contribution >= 4 is 46.3 Å². The molecule has 0 aliphatic rings. The van der Waals surface area contributed by atoms with Crippen LogP contribution >= 0.6 is 23.2 Å². The molecule has 90 valence electrons. The summed E-state index contributed by atoms with van der Waals surface area (Å²) in [6, 6.07) is 15.7. The molecule has 0 N–H and O–H groups in total. The Labute approximate surface area is 143 Å². The van der Waals surface area contributed by atoms with Gasteiger partial charge in [-0.25, -0.2) is 0 Å². The molecule has 0 aliphatic carbocycles. The van der Waals surface area contributed by atoms with Gasteiger partial charge < -0.3 is 21.7 Å². The van der Waals surface area contributed by atoms with E-state index in [9.17, 15) is 0 Å². The molecule has 0 atom stereocenters. The van der Waals surface area contributed by atoms with Crippen molar-refractivity contribution in [3.8, 4) is 5.75 Å². The van der Waals surface area contributed by atoms with Crippen LogP contribution < -0.4 is 21.7 Å². The zero-order chi connectivity index (χ0) is 11.4. The van der Waals surface area contributed by atoms with Gasteiger partial charge in [0.15, 0.2) is 0 Å². The topological polar surface area (TPSA) is 9.23 Å². The number of hydrogen-bond acceptors (Lipinski definition) is 1. The molecule has 1 nitrogen and oxygen atoms in total. The van der Waals surface area contributed by atoms with E-state index in [1.807, 2.05) is 24.3 Å². The Morgan fingerprint density at radius 3 is 2.33 bits per heavy atom. The van der Waals surface area contributed by atoms with Crippen molar-refractivity contribution in [2.45, 2.75) is 6.61 Å². The SMILES string of the molecule is Clc1ccc(OCc2cc[c-]cc2)c(Cl)c1.[Br-].[Mg+2]. The fourth-order valence-corrected chi connectivity index (χ4v) is 1.73. The van der Waals surface area contributed by atoms with Gasteiger partial charge in [0.05, 0.1) is 11.6 Å². The standard InChI is InChI=1S/C13H9Cl2O.BrH.Mg/c14-11-6-7-13(12(15)8-11)16-9-10-4-2-1-3-5-10;;/h2-8H,9H2;1H;/q-1;;+2/p-1. The number of benzene rings is 2. The van der Waals surface area contributed by atoms with Crippen LogP contribution in [0.3, 0.4) is 0 Å². The van der Waals surface area contributed by atoms with Gasteiger partial charge in [0, 0.05) is 5.02 Å². The Morgan fingerprint density at radius 2 is 1.72 bits per heavy atom. The second-order valence-electron chi connectivity index (χ2n) is 3.27. The van der Waals surface area contributed by atoms with Crippen molar-refractivity contribution < 1.29 is 21.7 Å². The zero-order valence-electron chi connectivity index (χ0n) is 9.50. The van der Waals surface area contributed by atoms with E-state index in [1.54, 1.807) is 18.2 Å². The summed E-state index contributed by atoms with van der Waals surface area (Å²) < 4.78 is 5.57. The monoisotopic (exact) mass is 354 g/mol. The number of hydrogen-bond donors (Lipinski definition) is 0. The molecule has 5 heteroatoms. The molecule has 0 unspecified atom stereocenters. The molecule has 2 rings (SSSR count). The Morgan fingerprint density at radius 1 is 1.06 bits per heavy atom. The molecular weight excluding hydrogens is 347 g/mol. The van der Waals surface area contributed by atoms with Crippen LogP contribution in [0.1, 0.15) is 5.56 Å². The van der Waals surface area contributed by atoms with Gasteiger partial charge in [-0.05, 0) is 18.2 Å². The van der Waals surface area contributed by atoms with Crippen molar-refractivity contribution in [1.82, 2.24) is 0 Å². The smallest absolute Gasteiger partial charge is 1.00 e. The first-order valence-electron chi connectivity index (χ1n) is 4.78. The second-order valence-corrected chi connectivity index (χ2v) is 4.12. The van der Waals surface area contributed by atoms with Gasteiger partial charge in [0.2, 0.25) is 0 Å². The third-order valence-corrected chi connectivity index (χ3v) is 2.61. The molecule has 0 amide bonds. The van der Waals surface area contributed by atoms with Gasteiger partial charge in [-0.3, -0.25) is 0 Å². The predicted molar refractivity (Wildman–Crippen MR) is 71.8 cm³/mol. The quantitative estimate of drug-likeness (QED) is 0.589. The van der Waals surface area contributed by atoms with E-state index < -0.39 is 0 Å². The van der Waals surface area contributed by atoms with Crippen LogP contribution in [0.5, 0.6) is 5.75 Å². The number of ether oxygens (including phenoxy) is 1. The average Bonchev–Trinajstić information content (AvgIpc) is 2.29. The first-order valence-corrected chi connectivity index (χ1v) is 5.54. The zero-order valence-corrected chi connectivity index (χ0v) is 14.0. The molecule has 0 aliphatic heterocycles. The van der Waals surface area contributed by atoms with E-state index in [1.165, 1.54) is 0 Å². The summed E-state index contributed by atoms with van der Waals surface area (Å²) in [5.41, 5.74) is 1.07. The van der Waals surface area contributed by atoms with Crippen LogP contribution in [-0.2, 0) is 6.61 Å². The Hall–Kier alpha value is 0.0662. The van der Waals surface area contributed by atoms with Crippen molar-refractivity contribution in [2.75, 3.05) is 0 Å². The fraction of sp³-hybridized carbons (Fsp3) is 0.0769. The first-order chi connectivity index (χ1) is 7.75. The maximum atomic E-state index is 5.98. The Bertz CT molecular complexity index is 480. The maximum absolute atomic E-state index is 5.98. The van der Waals surface area contributed by atoms with Crippen LogP contribution in [0.4, 0.5) is 0 Å². The van der Waals surface area contributed by atoms with Gasteiger partial charge in [0.1, 0.15) is 5.75 Å². The van der Waals surface area contributed by atoms with Gasteiger partial charge in [0.25, 0.3) is 0 Å². The molecule has 0 saturated carbocycles. The third kappa shape index (κ3) is 5.37. The molecule has 0 radical (unpaired) electrons. The van der Waals surface area contributed by atoms with Crippen molar-refractivity contribution in [1.29, 1.82) is 0 Å². The number of halogens is 3. The summed E-state index contributed by atoms with van der Waals surface area (Å²) in [4.78, 5) is 0. The molecule has 2 aromatic rings. The average molecular weight is 356 g/mol. The van der Waals surface area contributed by atoms with E-state index in [0.717, 1.165) is 5.56 Å². The van der Waals surface area contributed by atoms with E-state index in [0.29, 0.717) is 22.4 Å². The van der Waals surface area contributed by atoms with Crippen LogP contribution in [-0.4, -0.2) is 23.1 Å². The van der Waals surface area contributed by atoms with Crippen molar-refractivity contribution in [3.63, 3.8) is 0 Å². The molecule has 0 fully saturated rings. The Kier molecular flexibility index (Phi) is 9.08. The second kappa shape index (κ2) is 9.05. The van der Waals surface area contributed by atoms with E-state index in [-0.39, 0.29) is 40.0 Å². The van der Waals surface area contributed by atoms with Crippen molar-refractivity contribution in [2.24, 2.45) is 0 Å². The summed E-state index contributed by atoms with van der Waals surface area (Å²) in [7, 11) is 0. The molecular formula is C13H9BrCl2MgO. The van der Waals surface area contributed by atoms with Gasteiger partial charge in [-0.1, -0.05) is 23.2 Å². The molecule has 18 heavy (non-hydrogen) atoms. The van der Waals surface area contributed by atoms with Crippen LogP contribution in [0, 0.1) is 6.07 Å². The molecule has 0 saturated heterocycles. The van der Waals surface area contributed by atoms with E-state index >= 15 is 0 Å². The predicted octanol–water partition coefficient (Wildman–Crippen LogP) is 0.996. The van der Waals surface area contributed by atoms with Crippen LogP contribution in [0.25, 0.3) is 0 Å². The van der Waals surface area contributed by atoms with Gasteiger partial charge in [-0.15, -0.1) is 5.56 Å². The fourth-order valence-electron chi connectivity index (χ4n) is 1.27. The van der Waals surface area contributed by atoms with Crippen LogP contribution in [0.2, 0.25) is 10.0 Å². The normalized spacial score (nSPS) is 9.00. The summed E-state index contributed by atoms with van der Waals surface area (Å²) in [6.07, 6.45) is 0. The maximum Gasteiger partial charge on any atom is 2.00 e. The number of rotatable bonds is 3. The minimum Gasteiger partial charge on any atom is -1.00 e. The summed E-state index contributed by atoms with van der Waals surface area (Å²) in [5, 5.41) is 1.13. The largest absolute Gasteiger partial charge is 2.00 e. The molecule has 0 bridgehead atoms. The van der Waals surface area contributed by atoms with Crippen LogP contribution in [0.15, 0.2) is 42.5 Å². The third-order valence-electron chi connectivity index (χ3n) is 2.08. The summed E-state index contributed by atoms with van der Waals surface area (Å²) in [6.45, 7) is 0.482. The Balaban J connectivity index is 0.00000144. The molecule has 0 spiro atoms.